The minimum atomic E-state index is 0.250. The minimum absolute atomic E-state index is 0.250. The molecule has 0 aliphatic heterocycles. The summed E-state index contributed by atoms with van der Waals surface area (Å²) in [5.41, 5.74) is 0. The highest BCUT2D eigenvalue weighted by atomic mass is 16.5. The van der Waals surface area contributed by atoms with E-state index >= 15 is 0 Å². The van der Waals surface area contributed by atoms with E-state index in [1.165, 1.54) is 0 Å². The molecule has 0 heterocycles. The molecular formula is C11H25NO2. The monoisotopic (exact) mass is 203 g/mol. The molecule has 0 radical (unpaired) electrons. The van der Waals surface area contributed by atoms with E-state index in [-0.39, 0.29) is 6.10 Å². The third-order valence-corrected chi connectivity index (χ3v) is 2.24. The lowest BCUT2D eigenvalue weighted by Crippen LogP contribution is -2.38. The summed E-state index contributed by atoms with van der Waals surface area (Å²) in [5.74, 6) is 0.616. The van der Waals surface area contributed by atoms with Crippen LogP contribution in [0.25, 0.3) is 0 Å². The van der Waals surface area contributed by atoms with Crippen molar-refractivity contribution >= 4 is 0 Å². The molecule has 0 aromatic heterocycles. The van der Waals surface area contributed by atoms with Crippen molar-refractivity contribution in [1.29, 1.82) is 0 Å². The Hall–Kier alpha value is -0.120. The van der Waals surface area contributed by atoms with Crippen LogP contribution < -0.4 is 5.32 Å². The van der Waals surface area contributed by atoms with Crippen LogP contribution in [0.4, 0.5) is 0 Å². The molecule has 0 amide bonds. The number of rotatable bonds is 8. The summed E-state index contributed by atoms with van der Waals surface area (Å²) in [4.78, 5) is 0. The zero-order chi connectivity index (χ0) is 11.0. The molecule has 1 N–H and O–H groups in total. The standard InChI is InChI=1S/C11H25NO2/c1-9(2)8-14-7-6-12-10(3)11(4)13-5/h9-12H,6-8H2,1-5H3. The van der Waals surface area contributed by atoms with Gasteiger partial charge in [-0.15, -0.1) is 0 Å². The SMILES string of the molecule is COC(C)C(C)NCCOCC(C)C. The van der Waals surface area contributed by atoms with Crippen LogP contribution in [0.15, 0.2) is 0 Å². The van der Waals surface area contributed by atoms with Crippen LogP contribution >= 0.6 is 0 Å². The van der Waals surface area contributed by atoms with Gasteiger partial charge in [-0.3, -0.25) is 0 Å². The van der Waals surface area contributed by atoms with Crippen LogP contribution in [0.3, 0.4) is 0 Å². The maximum Gasteiger partial charge on any atom is 0.0693 e. The van der Waals surface area contributed by atoms with Crippen molar-refractivity contribution in [1.82, 2.24) is 5.32 Å². The van der Waals surface area contributed by atoms with E-state index in [1.807, 2.05) is 0 Å². The molecule has 0 aliphatic carbocycles. The van der Waals surface area contributed by atoms with Gasteiger partial charge in [-0.1, -0.05) is 13.8 Å². The summed E-state index contributed by atoms with van der Waals surface area (Å²) in [7, 11) is 1.73. The highest BCUT2D eigenvalue weighted by Gasteiger charge is 2.09. The third kappa shape index (κ3) is 7.30. The van der Waals surface area contributed by atoms with Gasteiger partial charge in [-0.2, -0.15) is 0 Å². The van der Waals surface area contributed by atoms with Gasteiger partial charge in [0.2, 0.25) is 0 Å². The third-order valence-electron chi connectivity index (χ3n) is 2.24. The summed E-state index contributed by atoms with van der Waals surface area (Å²) in [6.45, 7) is 11.0. The Bertz CT molecular complexity index is 128. The van der Waals surface area contributed by atoms with Crippen LogP contribution in [-0.2, 0) is 9.47 Å². The van der Waals surface area contributed by atoms with Crippen molar-refractivity contribution in [2.24, 2.45) is 5.92 Å². The predicted molar refractivity (Wildman–Crippen MR) is 59.6 cm³/mol. The first-order valence-electron chi connectivity index (χ1n) is 5.41. The minimum Gasteiger partial charge on any atom is -0.380 e. The Morgan fingerprint density at radius 2 is 1.79 bits per heavy atom. The topological polar surface area (TPSA) is 30.5 Å². The molecule has 0 bridgehead atoms. The molecule has 0 spiro atoms. The average Bonchev–Trinajstić information content (AvgIpc) is 2.15. The fourth-order valence-corrected chi connectivity index (χ4v) is 1.05. The van der Waals surface area contributed by atoms with E-state index in [4.69, 9.17) is 9.47 Å². The van der Waals surface area contributed by atoms with Crippen molar-refractivity contribution < 1.29 is 9.47 Å². The largest absolute Gasteiger partial charge is 0.380 e. The molecule has 0 saturated carbocycles. The number of nitrogens with one attached hydrogen (secondary N) is 1. The summed E-state index contributed by atoms with van der Waals surface area (Å²) in [5, 5.41) is 3.36. The first-order chi connectivity index (χ1) is 6.57. The van der Waals surface area contributed by atoms with Crippen LogP contribution in [0, 0.1) is 5.92 Å². The van der Waals surface area contributed by atoms with E-state index in [1.54, 1.807) is 7.11 Å². The molecule has 0 saturated heterocycles. The quantitative estimate of drug-likeness (QED) is 0.609. The lowest BCUT2D eigenvalue weighted by atomic mass is 10.2. The molecule has 3 heteroatoms. The van der Waals surface area contributed by atoms with Gasteiger partial charge in [0.05, 0.1) is 12.7 Å². The fraction of sp³-hybridized carbons (Fsp3) is 1.00. The molecule has 14 heavy (non-hydrogen) atoms. The number of hydrogen-bond donors (Lipinski definition) is 1. The van der Waals surface area contributed by atoms with Crippen LogP contribution in [-0.4, -0.2) is 39.0 Å². The molecule has 0 rings (SSSR count). The number of ether oxygens (including phenoxy) is 2. The molecule has 0 aromatic rings. The van der Waals surface area contributed by atoms with Gasteiger partial charge >= 0.3 is 0 Å². The number of methoxy groups -OCH3 is 1. The molecule has 2 atom stereocenters. The first-order valence-corrected chi connectivity index (χ1v) is 5.41. The molecule has 3 nitrogen and oxygen atoms in total. The molecule has 0 fully saturated rings. The van der Waals surface area contributed by atoms with Gasteiger partial charge in [0.1, 0.15) is 0 Å². The average molecular weight is 203 g/mol. The second kappa shape index (κ2) is 8.21. The van der Waals surface area contributed by atoms with E-state index < -0.39 is 0 Å². The van der Waals surface area contributed by atoms with Gasteiger partial charge < -0.3 is 14.8 Å². The highest BCUT2D eigenvalue weighted by molar-refractivity contribution is 4.67. The molecule has 86 valence electrons. The van der Waals surface area contributed by atoms with Crippen LogP contribution in [0.1, 0.15) is 27.7 Å². The first kappa shape index (κ1) is 13.9. The van der Waals surface area contributed by atoms with Gasteiger partial charge in [0, 0.05) is 26.3 Å². The van der Waals surface area contributed by atoms with Crippen LogP contribution in [0.2, 0.25) is 0 Å². The number of hydrogen-bond acceptors (Lipinski definition) is 3. The maximum absolute atomic E-state index is 5.46. The predicted octanol–water partition coefficient (Wildman–Crippen LogP) is 1.67. The van der Waals surface area contributed by atoms with Gasteiger partial charge in [-0.05, 0) is 19.8 Å². The summed E-state index contributed by atoms with van der Waals surface area (Å²) in [6, 6.07) is 0.377. The lowest BCUT2D eigenvalue weighted by Gasteiger charge is -2.19. The van der Waals surface area contributed by atoms with Gasteiger partial charge in [-0.25, -0.2) is 0 Å². The fourth-order valence-electron chi connectivity index (χ4n) is 1.05. The zero-order valence-corrected chi connectivity index (χ0v) is 10.2. The Morgan fingerprint density at radius 1 is 1.14 bits per heavy atom. The molecule has 2 unspecified atom stereocenters. The summed E-state index contributed by atoms with van der Waals surface area (Å²) >= 11 is 0. The molecular weight excluding hydrogens is 178 g/mol. The normalized spacial score (nSPS) is 15.9. The van der Waals surface area contributed by atoms with E-state index in [2.05, 4.69) is 33.0 Å². The second-order valence-corrected chi connectivity index (χ2v) is 4.15. The summed E-state index contributed by atoms with van der Waals surface area (Å²) in [6.07, 6.45) is 0.250. The van der Waals surface area contributed by atoms with Crippen molar-refractivity contribution in [3.05, 3.63) is 0 Å². The Morgan fingerprint density at radius 3 is 2.29 bits per heavy atom. The van der Waals surface area contributed by atoms with E-state index in [9.17, 15) is 0 Å². The Balaban J connectivity index is 3.27. The van der Waals surface area contributed by atoms with Gasteiger partial charge in [0.15, 0.2) is 0 Å². The van der Waals surface area contributed by atoms with Crippen molar-refractivity contribution in [2.75, 3.05) is 26.9 Å². The van der Waals surface area contributed by atoms with E-state index in [0.717, 1.165) is 19.8 Å². The Labute approximate surface area is 88.2 Å². The molecule has 0 aliphatic rings. The zero-order valence-electron chi connectivity index (χ0n) is 10.2. The summed E-state index contributed by atoms with van der Waals surface area (Å²) < 4.78 is 10.7. The van der Waals surface area contributed by atoms with Crippen LogP contribution in [0.5, 0.6) is 0 Å². The highest BCUT2D eigenvalue weighted by Crippen LogP contribution is 1.95. The van der Waals surface area contributed by atoms with E-state index in [0.29, 0.717) is 12.0 Å². The second-order valence-electron chi connectivity index (χ2n) is 4.15. The van der Waals surface area contributed by atoms with Crippen molar-refractivity contribution in [3.8, 4) is 0 Å². The van der Waals surface area contributed by atoms with Gasteiger partial charge in [0.25, 0.3) is 0 Å². The lowest BCUT2D eigenvalue weighted by molar-refractivity contribution is 0.0769. The Kier molecular flexibility index (Phi) is 8.14. The maximum atomic E-state index is 5.46. The van der Waals surface area contributed by atoms with Crippen molar-refractivity contribution in [3.63, 3.8) is 0 Å². The smallest absolute Gasteiger partial charge is 0.0693 e. The molecule has 0 aromatic carbocycles. The van der Waals surface area contributed by atoms with Crippen molar-refractivity contribution in [2.45, 2.75) is 39.8 Å².